The molecule has 0 saturated carbocycles. The number of hydrogen-bond donors (Lipinski definition) is 2. The summed E-state index contributed by atoms with van der Waals surface area (Å²) < 4.78 is 37.8. The van der Waals surface area contributed by atoms with Crippen molar-refractivity contribution in [3.05, 3.63) is 35.4 Å². The molecule has 22 heavy (non-hydrogen) atoms. The lowest BCUT2D eigenvalue weighted by Crippen LogP contribution is -2.45. The maximum Gasteiger partial charge on any atom is 0.416 e. The van der Waals surface area contributed by atoms with Crippen molar-refractivity contribution >= 4 is 11.9 Å². The van der Waals surface area contributed by atoms with Crippen molar-refractivity contribution in [3.63, 3.8) is 0 Å². The van der Waals surface area contributed by atoms with E-state index in [1.54, 1.807) is 13.8 Å². The minimum atomic E-state index is -4.48. The number of carbonyl (C=O) groups excluding carboxylic acids is 1. The molecule has 1 aromatic carbocycles. The number of carbonyl (C=O) groups is 2. The second-order valence-electron chi connectivity index (χ2n) is 5.14. The number of carboxylic acid groups (broad SMARTS) is 1. The molecule has 0 aliphatic carbocycles. The van der Waals surface area contributed by atoms with E-state index >= 15 is 0 Å². The minimum Gasteiger partial charge on any atom is -0.480 e. The molecule has 0 bridgehead atoms. The minimum absolute atomic E-state index is 0.181. The van der Waals surface area contributed by atoms with E-state index in [1.807, 2.05) is 0 Å². The van der Waals surface area contributed by atoms with Crippen LogP contribution < -0.4 is 5.32 Å². The van der Waals surface area contributed by atoms with E-state index in [4.69, 9.17) is 5.11 Å². The molecule has 1 rings (SSSR count). The fourth-order valence-electron chi connectivity index (χ4n) is 1.95. The van der Waals surface area contributed by atoms with Crippen LogP contribution >= 0.6 is 0 Å². The van der Waals surface area contributed by atoms with Crippen molar-refractivity contribution in [2.45, 2.75) is 38.9 Å². The van der Waals surface area contributed by atoms with E-state index in [0.717, 1.165) is 12.1 Å². The van der Waals surface area contributed by atoms with Crippen molar-refractivity contribution in [3.8, 4) is 0 Å². The van der Waals surface area contributed by atoms with Gasteiger partial charge in [0, 0.05) is 0 Å². The molecule has 0 spiro atoms. The average Bonchev–Trinajstić information content (AvgIpc) is 2.43. The van der Waals surface area contributed by atoms with Crippen LogP contribution in [0.5, 0.6) is 0 Å². The molecular formula is C15H18F3NO3. The molecule has 0 aliphatic rings. The summed E-state index contributed by atoms with van der Waals surface area (Å²) in [5, 5.41) is 11.4. The molecule has 2 N–H and O–H groups in total. The molecule has 0 aromatic heterocycles. The van der Waals surface area contributed by atoms with E-state index in [0.29, 0.717) is 6.42 Å². The van der Waals surface area contributed by atoms with Crippen molar-refractivity contribution in [1.82, 2.24) is 5.32 Å². The second kappa shape index (κ2) is 7.29. The van der Waals surface area contributed by atoms with Gasteiger partial charge in [0.05, 0.1) is 12.0 Å². The predicted molar refractivity (Wildman–Crippen MR) is 74.2 cm³/mol. The van der Waals surface area contributed by atoms with E-state index in [9.17, 15) is 22.8 Å². The fraction of sp³-hybridized carbons (Fsp3) is 0.467. The van der Waals surface area contributed by atoms with Crippen LogP contribution in [0.3, 0.4) is 0 Å². The van der Waals surface area contributed by atoms with Crippen LogP contribution in [0.4, 0.5) is 13.2 Å². The summed E-state index contributed by atoms with van der Waals surface area (Å²) in [6.07, 6.45) is -4.22. The Bertz CT molecular complexity index is 543. The summed E-state index contributed by atoms with van der Waals surface area (Å²) in [5.74, 6) is -2.05. The first kappa shape index (κ1) is 18.0. The van der Waals surface area contributed by atoms with Gasteiger partial charge in [-0.25, -0.2) is 4.79 Å². The first-order chi connectivity index (χ1) is 10.1. The number of rotatable bonds is 6. The van der Waals surface area contributed by atoms with Gasteiger partial charge >= 0.3 is 12.1 Å². The van der Waals surface area contributed by atoms with Crippen LogP contribution in [0.25, 0.3) is 0 Å². The SMILES string of the molecule is CCC(C)C(NC(=O)Cc1cccc(C(F)(F)F)c1)C(=O)O. The molecular weight excluding hydrogens is 299 g/mol. The van der Waals surface area contributed by atoms with Gasteiger partial charge in [0.15, 0.2) is 0 Å². The highest BCUT2D eigenvalue weighted by atomic mass is 19.4. The van der Waals surface area contributed by atoms with Gasteiger partial charge in [-0.1, -0.05) is 38.5 Å². The Labute approximate surface area is 126 Å². The van der Waals surface area contributed by atoms with Crippen molar-refractivity contribution in [1.29, 1.82) is 0 Å². The lowest BCUT2D eigenvalue weighted by Gasteiger charge is -2.20. The third kappa shape index (κ3) is 5.05. The molecule has 0 heterocycles. The smallest absolute Gasteiger partial charge is 0.416 e. The van der Waals surface area contributed by atoms with E-state index in [1.165, 1.54) is 12.1 Å². The fourth-order valence-corrected chi connectivity index (χ4v) is 1.95. The number of halogens is 3. The van der Waals surface area contributed by atoms with Crippen LogP contribution in [-0.4, -0.2) is 23.0 Å². The Morgan fingerprint density at radius 2 is 1.95 bits per heavy atom. The number of alkyl halides is 3. The Kier molecular flexibility index (Phi) is 5.96. The maximum absolute atomic E-state index is 12.6. The van der Waals surface area contributed by atoms with Gasteiger partial charge in [-0.05, 0) is 17.5 Å². The molecule has 4 nitrogen and oxygen atoms in total. The Morgan fingerprint density at radius 3 is 2.45 bits per heavy atom. The van der Waals surface area contributed by atoms with Crippen molar-refractivity contribution in [2.24, 2.45) is 5.92 Å². The lowest BCUT2D eigenvalue weighted by atomic mass is 9.99. The van der Waals surface area contributed by atoms with Gasteiger partial charge in [-0.15, -0.1) is 0 Å². The highest BCUT2D eigenvalue weighted by Gasteiger charge is 2.30. The van der Waals surface area contributed by atoms with Crippen LogP contribution in [-0.2, 0) is 22.2 Å². The second-order valence-corrected chi connectivity index (χ2v) is 5.14. The maximum atomic E-state index is 12.6. The van der Waals surface area contributed by atoms with Crippen LogP contribution in [0.15, 0.2) is 24.3 Å². The van der Waals surface area contributed by atoms with E-state index in [2.05, 4.69) is 5.32 Å². The first-order valence-corrected chi connectivity index (χ1v) is 6.83. The summed E-state index contributed by atoms with van der Waals surface area (Å²) in [5.41, 5.74) is -0.657. The molecule has 0 aliphatic heterocycles. The van der Waals surface area contributed by atoms with Gasteiger partial charge in [-0.3, -0.25) is 4.79 Å². The Hall–Kier alpha value is -2.05. The molecule has 0 radical (unpaired) electrons. The monoisotopic (exact) mass is 317 g/mol. The first-order valence-electron chi connectivity index (χ1n) is 6.83. The van der Waals surface area contributed by atoms with Gasteiger partial charge in [0.2, 0.25) is 5.91 Å². The zero-order valence-corrected chi connectivity index (χ0v) is 12.3. The summed E-state index contributed by atoms with van der Waals surface area (Å²) >= 11 is 0. The van der Waals surface area contributed by atoms with E-state index in [-0.39, 0.29) is 17.9 Å². The van der Waals surface area contributed by atoms with Gasteiger partial charge in [-0.2, -0.15) is 13.2 Å². The number of aliphatic carboxylic acids is 1. The topological polar surface area (TPSA) is 66.4 Å². The van der Waals surface area contributed by atoms with Gasteiger partial charge in [0.25, 0.3) is 0 Å². The largest absolute Gasteiger partial charge is 0.480 e. The standard InChI is InChI=1S/C15H18F3NO3/c1-3-9(2)13(14(21)22)19-12(20)8-10-5-4-6-11(7-10)15(16,17)18/h4-7,9,13H,3,8H2,1-2H3,(H,19,20)(H,21,22). The number of carboxylic acids is 1. The summed E-state index contributed by atoms with van der Waals surface area (Å²) in [4.78, 5) is 23.0. The quantitative estimate of drug-likeness (QED) is 0.848. The summed E-state index contributed by atoms with van der Waals surface area (Å²) in [6.45, 7) is 3.48. The zero-order chi connectivity index (χ0) is 16.9. The zero-order valence-electron chi connectivity index (χ0n) is 12.3. The van der Waals surface area contributed by atoms with Crippen LogP contribution in [0, 0.1) is 5.92 Å². The molecule has 1 aromatic rings. The number of amides is 1. The third-order valence-corrected chi connectivity index (χ3v) is 3.41. The molecule has 7 heteroatoms. The highest BCUT2D eigenvalue weighted by molar-refractivity contribution is 5.85. The Morgan fingerprint density at radius 1 is 1.32 bits per heavy atom. The summed E-state index contributed by atoms with van der Waals surface area (Å²) in [7, 11) is 0. The van der Waals surface area contributed by atoms with Crippen LogP contribution in [0.1, 0.15) is 31.4 Å². The molecule has 122 valence electrons. The number of nitrogens with one attached hydrogen (secondary N) is 1. The normalized spacial score (nSPS) is 14.2. The predicted octanol–water partition coefficient (Wildman–Crippen LogP) is 2.86. The Balaban J connectivity index is 2.78. The van der Waals surface area contributed by atoms with Crippen molar-refractivity contribution in [2.75, 3.05) is 0 Å². The average molecular weight is 317 g/mol. The summed E-state index contributed by atoms with van der Waals surface area (Å²) in [6, 6.07) is 3.37. The highest BCUT2D eigenvalue weighted by Crippen LogP contribution is 2.29. The van der Waals surface area contributed by atoms with E-state index < -0.39 is 29.7 Å². The number of hydrogen-bond acceptors (Lipinski definition) is 2. The van der Waals surface area contributed by atoms with Gasteiger partial charge in [0.1, 0.15) is 6.04 Å². The molecule has 0 fully saturated rings. The molecule has 2 unspecified atom stereocenters. The van der Waals surface area contributed by atoms with Crippen molar-refractivity contribution < 1.29 is 27.9 Å². The molecule has 2 atom stereocenters. The third-order valence-electron chi connectivity index (χ3n) is 3.41. The molecule has 0 saturated heterocycles. The molecule has 1 amide bonds. The van der Waals surface area contributed by atoms with Crippen LogP contribution in [0.2, 0.25) is 0 Å². The number of benzene rings is 1. The van der Waals surface area contributed by atoms with Gasteiger partial charge < -0.3 is 10.4 Å². The lowest BCUT2D eigenvalue weighted by molar-refractivity contribution is -0.143.